The number of hydrogen-bond donors (Lipinski definition) is 0. The van der Waals surface area contributed by atoms with E-state index in [-0.39, 0.29) is 11.9 Å². The van der Waals surface area contributed by atoms with Crippen LogP contribution in [-0.2, 0) is 0 Å². The number of pyridine rings is 1. The van der Waals surface area contributed by atoms with E-state index in [1.54, 1.807) is 16.8 Å². The number of benzene rings is 1. The van der Waals surface area contributed by atoms with Crippen LogP contribution < -0.4 is 5.49 Å². The van der Waals surface area contributed by atoms with Crippen LogP contribution in [0.5, 0.6) is 0 Å². The van der Waals surface area contributed by atoms with E-state index in [1.807, 2.05) is 50.2 Å². The van der Waals surface area contributed by atoms with Crippen molar-refractivity contribution in [2.24, 2.45) is 4.99 Å². The standard InChI is InChI=1S/C15H15BrN2O/c1-11(2)17-14-8-3-4-9-18(14)15(19)12-6-5-7-13(16)10-12/h3-11H,1-2H3. The lowest BCUT2D eigenvalue weighted by Crippen LogP contribution is -2.28. The zero-order chi connectivity index (χ0) is 13.8. The summed E-state index contributed by atoms with van der Waals surface area (Å²) in [6.07, 6.45) is 1.74. The average Bonchev–Trinajstić information content (AvgIpc) is 2.38. The van der Waals surface area contributed by atoms with Crippen molar-refractivity contribution in [2.75, 3.05) is 0 Å². The largest absolute Gasteiger partial charge is 0.268 e. The highest BCUT2D eigenvalue weighted by atomic mass is 79.9. The predicted octanol–water partition coefficient (Wildman–Crippen LogP) is 3.25. The normalized spacial score (nSPS) is 11.9. The summed E-state index contributed by atoms with van der Waals surface area (Å²) < 4.78 is 2.46. The lowest BCUT2D eigenvalue weighted by Gasteiger charge is -2.07. The van der Waals surface area contributed by atoms with Crippen LogP contribution in [0.2, 0.25) is 0 Å². The molecule has 1 aromatic heterocycles. The molecule has 0 aliphatic heterocycles. The van der Waals surface area contributed by atoms with E-state index < -0.39 is 0 Å². The van der Waals surface area contributed by atoms with Crippen molar-refractivity contribution in [3.63, 3.8) is 0 Å². The molecule has 0 aliphatic carbocycles. The smallest absolute Gasteiger partial charge is 0.263 e. The first-order valence-corrected chi connectivity index (χ1v) is 6.89. The molecule has 0 saturated carbocycles. The van der Waals surface area contributed by atoms with Gasteiger partial charge in [0.25, 0.3) is 5.91 Å². The maximum Gasteiger partial charge on any atom is 0.263 e. The first kappa shape index (κ1) is 13.7. The summed E-state index contributed by atoms with van der Waals surface area (Å²) in [5.41, 5.74) is 1.30. The third kappa shape index (κ3) is 3.41. The summed E-state index contributed by atoms with van der Waals surface area (Å²) in [4.78, 5) is 16.9. The van der Waals surface area contributed by atoms with Crippen LogP contribution in [0.25, 0.3) is 0 Å². The summed E-state index contributed by atoms with van der Waals surface area (Å²) >= 11 is 3.38. The summed E-state index contributed by atoms with van der Waals surface area (Å²) in [6, 6.07) is 13.0. The topological polar surface area (TPSA) is 34.4 Å². The van der Waals surface area contributed by atoms with Gasteiger partial charge in [-0.2, -0.15) is 0 Å². The Bertz CT molecular complexity index is 659. The van der Waals surface area contributed by atoms with Gasteiger partial charge in [0.2, 0.25) is 0 Å². The van der Waals surface area contributed by atoms with Crippen LogP contribution in [0.3, 0.4) is 0 Å². The fourth-order valence-corrected chi connectivity index (χ4v) is 2.14. The van der Waals surface area contributed by atoms with Crippen LogP contribution in [0.15, 0.2) is 58.1 Å². The second kappa shape index (κ2) is 5.97. The number of halogens is 1. The molecule has 0 saturated heterocycles. The average molecular weight is 319 g/mol. The molecule has 0 radical (unpaired) electrons. The molecule has 2 aromatic rings. The molecule has 0 aliphatic rings. The third-order valence-corrected chi connectivity index (χ3v) is 3.01. The molecular weight excluding hydrogens is 304 g/mol. The van der Waals surface area contributed by atoms with Crippen molar-refractivity contribution in [1.29, 1.82) is 0 Å². The van der Waals surface area contributed by atoms with Gasteiger partial charge in [-0.05, 0) is 44.2 Å². The Balaban J connectivity index is 2.51. The van der Waals surface area contributed by atoms with Crippen LogP contribution in [0.4, 0.5) is 0 Å². The van der Waals surface area contributed by atoms with Crippen molar-refractivity contribution in [1.82, 2.24) is 4.57 Å². The molecule has 98 valence electrons. The number of aromatic nitrogens is 1. The highest BCUT2D eigenvalue weighted by Crippen LogP contribution is 2.12. The molecule has 0 N–H and O–H groups in total. The van der Waals surface area contributed by atoms with Gasteiger partial charge in [-0.1, -0.05) is 28.1 Å². The third-order valence-electron chi connectivity index (χ3n) is 2.52. The van der Waals surface area contributed by atoms with Crippen LogP contribution >= 0.6 is 15.9 Å². The molecule has 0 amide bonds. The molecule has 0 spiro atoms. The van der Waals surface area contributed by atoms with Gasteiger partial charge in [-0.25, -0.2) is 0 Å². The molecule has 3 nitrogen and oxygen atoms in total. The monoisotopic (exact) mass is 318 g/mol. The van der Waals surface area contributed by atoms with Gasteiger partial charge in [-0.15, -0.1) is 0 Å². The lowest BCUT2D eigenvalue weighted by atomic mass is 10.2. The van der Waals surface area contributed by atoms with E-state index in [4.69, 9.17) is 0 Å². The van der Waals surface area contributed by atoms with E-state index in [9.17, 15) is 4.79 Å². The Kier molecular flexibility index (Phi) is 4.32. The summed E-state index contributed by atoms with van der Waals surface area (Å²) in [7, 11) is 0. The van der Waals surface area contributed by atoms with Crippen LogP contribution in [0.1, 0.15) is 24.2 Å². The quantitative estimate of drug-likeness (QED) is 0.837. The van der Waals surface area contributed by atoms with Gasteiger partial charge in [-0.3, -0.25) is 14.4 Å². The van der Waals surface area contributed by atoms with Crippen LogP contribution in [-0.4, -0.2) is 16.5 Å². The fourth-order valence-electron chi connectivity index (χ4n) is 1.74. The second-order valence-electron chi connectivity index (χ2n) is 4.47. The van der Waals surface area contributed by atoms with E-state index in [0.717, 1.165) is 4.47 Å². The van der Waals surface area contributed by atoms with E-state index in [2.05, 4.69) is 20.9 Å². The molecule has 1 aromatic carbocycles. The highest BCUT2D eigenvalue weighted by Gasteiger charge is 2.08. The molecule has 0 bridgehead atoms. The second-order valence-corrected chi connectivity index (χ2v) is 5.38. The maximum atomic E-state index is 12.5. The molecule has 4 heteroatoms. The first-order chi connectivity index (χ1) is 9.08. The van der Waals surface area contributed by atoms with Gasteiger partial charge in [0.1, 0.15) is 5.49 Å². The Morgan fingerprint density at radius 3 is 2.68 bits per heavy atom. The highest BCUT2D eigenvalue weighted by molar-refractivity contribution is 9.10. The molecule has 0 unspecified atom stereocenters. The maximum absolute atomic E-state index is 12.5. The first-order valence-electron chi connectivity index (χ1n) is 6.10. The molecule has 0 fully saturated rings. The van der Waals surface area contributed by atoms with Crippen molar-refractivity contribution in [2.45, 2.75) is 19.9 Å². The van der Waals surface area contributed by atoms with Crippen molar-refractivity contribution < 1.29 is 4.79 Å². The number of hydrogen-bond acceptors (Lipinski definition) is 2. The molecular formula is C15H15BrN2O. The lowest BCUT2D eigenvalue weighted by molar-refractivity contribution is 0.0954. The SMILES string of the molecule is CC(C)N=c1ccccn1C(=O)c1cccc(Br)c1. The Morgan fingerprint density at radius 1 is 1.21 bits per heavy atom. The summed E-state index contributed by atoms with van der Waals surface area (Å²) in [5.74, 6) is -0.0821. The summed E-state index contributed by atoms with van der Waals surface area (Å²) in [6.45, 7) is 3.97. The molecule has 2 rings (SSSR count). The summed E-state index contributed by atoms with van der Waals surface area (Å²) in [5, 5.41) is 0. The molecule has 1 heterocycles. The number of nitrogens with zero attached hydrogens (tertiary/aromatic N) is 2. The van der Waals surface area contributed by atoms with Crippen molar-refractivity contribution in [3.8, 4) is 0 Å². The Morgan fingerprint density at radius 2 is 2.00 bits per heavy atom. The van der Waals surface area contributed by atoms with E-state index in [0.29, 0.717) is 11.1 Å². The minimum Gasteiger partial charge on any atom is -0.268 e. The zero-order valence-corrected chi connectivity index (χ0v) is 12.5. The number of carbonyl (C=O) groups is 1. The van der Waals surface area contributed by atoms with Crippen molar-refractivity contribution in [3.05, 3.63) is 64.2 Å². The molecule has 0 atom stereocenters. The van der Waals surface area contributed by atoms with Gasteiger partial charge in [0.15, 0.2) is 0 Å². The minimum absolute atomic E-state index is 0.0821. The fraction of sp³-hybridized carbons (Fsp3) is 0.200. The van der Waals surface area contributed by atoms with E-state index in [1.165, 1.54) is 0 Å². The number of carbonyl (C=O) groups excluding carboxylic acids is 1. The predicted molar refractivity (Wildman–Crippen MR) is 79.0 cm³/mol. The Labute approximate surface area is 120 Å². The van der Waals surface area contributed by atoms with Crippen LogP contribution in [0, 0.1) is 0 Å². The minimum atomic E-state index is -0.0821. The van der Waals surface area contributed by atoms with Gasteiger partial charge in [0, 0.05) is 22.3 Å². The molecule has 19 heavy (non-hydrogen) atoms. The van der Waals surface area contributed by atoms with Crippen molar-refractivity contribution >= 4 is 21.8 Å². The number of rotatable bonds is 2. The van der Waals surface area contributed by atoms with Gasteiger partial charge >= 0.3 is 0 Å². The van der Waals surface area contributed by atoms with E-state index >= 15 is 0 Å². The van der Waals surface area contributed by atoms with Gasteiger partial charge < -0.3 is 0 Å². The zero-order valence-electron chi connectivity index (χ0n) is 10.9. The Hall–Kier alpha value is -1.68. The van der Waals surface area contributed by atoms with Gasteiger partial charge in [0.05, 0.1) is 0 Å².